The van der Waals surface area contributed by atoms with Crippen LogP contribution in [-0.2, 0) is 11.9 Å². The number of nitrogens with two attached hydrogens (primary N) is 1. The number of alkyl halides is 3. The molecule has 2 aromatic rings. The summed E-state index contributed by atoms with van der Waals surface area (Å²) in [6.07, 6.45) is -3.13. The quantitative estimate of drug-likeness (QED) is 0.689. The van der Waals surface area contributed by atoms with Crippen LogP contribution in [0.4, 0.5) is 18.9 Å². The minimum absolute atomic E-state index is 0.0781. The van der Waals surface area contributed by atoms with Crippen LogP contribution in [0.15, 0.2) is 33.9 Å². The van der Waals surface area contributed by atoms with Gasteiger partial charge in [-0.1, -0.05) is 5.16 Å². The molecule has 18 heavy (non-hydrogen) atoms. The fourth-order valence-electron chi connectivity index (χ4n) is 1.26. The van der Waals surface area contributed by atoms with Crippen molar-refractivity contribution in [2.75, 3.05) is 5.73 Å². The van der Waals surface area contributed by atoms with Gasteiger partial charge < -0.3 is 10.3 Å². The molecule has 0 spiro atoms. The zero-order valence-corrected chi connectivity index (χ0v) is 9.76. The first-order chi connectivity index (χ1) is 8.47. The topological polar surface area (TPSA) is 64.9 Å². The highest BCUT2D eigenvalue weighted by molar-refractivity contribution is 7.98. The number of benzene rings is 1. The fraction of sp³-hybridized carbons (Fsp3) is 0.200. The van der Waals surface area contributed by atoms with Crippen molar-refractivity contribution in [3.05, 3.63) is 36.0 Å². The van der Waals surface area contributed by atoms with Crippen LogP contribution in [0.25, 0.3) is 0 Å². The van der Waals surface area contributed by atoms with Crippen molar-refractivity contribution in [2.24, 2.45) is 0 Å². The van der Waals surface area contributed by atoms with Gasteiger partial charge in [0, 0.05) is 10.6 Å². The summed E-state index contributed by atoms with van der Waals surface area (Å²) in [5.74, 6) is 0.745. The van der Waals surface area contributed by atoms with E-state index in [-0.39, 0.29) is 5.69 Å². The summed E-state index contributed by atoms with van der Waals surface area (Å²) in [5, 5.41) is 3.42. The van der Waals surface area contributed by atoms with E-state index in [9.17, 15) is 13.2 Å². The smallest absolute Gasteiger partial charge is 0.398 e. The molecule has 1 heterocycles. The summed E-state index contributed by atoms with van der Waals surface area (Å²) < 4.78 is 42.0. The Bertz CT molecular complexity index is 528. The molecule has 0 unspecified atom stereocenters. The molecule has 96 valence electrons. The first-order valence-corrected chi connectivity index (χ1v) is 5.80. The molecule has 1 aromatic heterocycles. The van der Waals surface area contributed by atoms with Gasteiger partial charge in [0.1, 0.15) is 0 Å². The van der Waals surface area contributed by atoms with Crippen molar-refractivity contribution in [3.63, 3.8) is 0 Å². The van der Waals surface area contributed by atoms with E-state index in [1.807, 2.05) is 0 Å². The van der Waals surface area contributed by atoms with Gasteiger partial charge in [0.15, 0.2) is 6.33 Å². The van der Waals surface area contributed by atoms with E-state index in [0.717, 1.165) is 12.1 Å². The first-order valence-electron chi connectivity index (χ1n) is 4.82. The second-order valence-electron chi connectivity index (χ2n) is 3.37. The van der Waals surface area contributed by atoms with Crippen LogP contribution in [0.3, 0.4) is 0 Å². The average Bonchev–Trinajstić information content (AvgIpc) is 2.79. The molecule has 8 heteroatoms. The van der Waals surface area contributed by atoms with Gasteiger partial charge in [0.2, 0.25) is 5.89 Å². The number of nitrogen functional groups attached to an aromatic ring is 1. The number of aromatic nitrogens is 2. The number of nitrogens with zero attached hydrogens (tertiary/aromatic N) is 2. The molecule has 0 fully saturated rings. The van der Waals surface area contributed by atoms with Crippen molar-refractivity contribution in [1.82, 2.24) is 10.1 Å². The van der Waals surface area contributed by atoms with Crippen molar-refractivity contribution >= 4 is 17.4 Å². The Morgan fingerprint density at radius 3 is 2.67 bits per heavy atom. The van der Waals surface area contributed by atoms with Gasteiger partial charge in [-0.05, 0) is 18.2 Å². The molecule has 2 N–H and O–H groups in total. The number of halogens is 3. The van der Waals surface area contributed by atoms with Crippen LogP contribution in [-0.4, -0.2) is 10.1 Å². The van der Waals surface area contributed by atoms with Crippen LogP contribution < -0.4 is 5.73 Å². The molecular weight excluding hydrogens is 267 g/mol. The van der Waals surface area contributed by atoms with Gasteiger partial charge in [-0.3, -0.25) is 0 Å². The van der Waals surface area contributed by atoms with Crippen LogP contribution in [0, 0.1) is 0 Å². The predicted octanol–water partition coefficient (Wildman–Crippen LogP) is 2.96. The highest BCUT2D eigenvalue weighted by Gasteiger charge is 2.30. The fourth-order valence-corrected chi connectivity index (χ4v) is 2.05. The molecule has 4 nitrogen and oxygen atoms in total. The standard InChI is InChI=1S/C10H8F3N3OS/c11-10(12,13)6-1-2-8(7(14)3-6)18-4-9-15-5-16-17-9/h1-3,5H,4,14H2. The summed E-state index contributed by atoms with van der Waals surface area (Å²) in [4.78, 5) is 4.34. The number of anilines is 1. The monoisotopic (exact) mass is 275 g/mol. The minimum Gasteiger partial charge on any atom is -0.398 e. The third kappa shape index (κ3) is 2.95. The highest BCUT2D eigenvalue weighted by Crippen LogP contribution is 2.34. The molecule has 0 saturated heterocycles. The van der Waals surface area contributed by atoms with Gasteiger partial charge in [-0.25, -0.2) is 0 Å². The van der Waals surface area contributed by atoms with Gasteiger partial charge in [-0.2, -0.15) is 18.2 Å². The zero-order chi connectivity index (χ0) is 13.2. The van der Waals surface area contributed by atoms with Crippen molar-refractivity contribution in [2.45, 2.75) is 16.8 Å². The van der Waals surface area contributed by atoms with E-state index in [1.165, 1.54) is 24.2 Å². The molecule has 0 bridgehead atoms. The van der Waals surface area contributed by atoms with E-state index in [0.29, 0.717) is 16.5 Å². The van der Waals surface area contributed by atoms with Gasteiger partial charge in [-0.15, -0.1) is 11.8 Å². The summed E-state index contributed by atoms with van der Waals surface area (Å²) in [6, 6.07) is 3.24. The lowest BCUT2D eigenvalue weighted by molar-refractivity contribution is -0.137. The number of thioether (sulfide) groups is 1. The van der Waals surface area contributed by atoms with Crippen LogP contribution in [0.2, 0.25) is 0 Å². The first kappa shape index (κ1) is 12.7. The number of rotatable bonds is 3. The highest BCUT2D eigenvalue weighted by atomic mass is 32.2. The second-order valence-corrected chi connectivity index (χ2v) is 4.39. The number of hydrogen-bond acceptors (Lipinski definition) is 5. The Hall–Kier alpha value is -1.70. The Kier molecular flexibility index (Phi) is 3.46. The lowest BCUT2D eigenvalue weighted by atomic mass is 10.2. The molecular formula is C10H8F3N3OS. The van der Waals surface area contributed by atoms with Gasteiger partial charge in [0.25, 0.3) is 0 Å². The Morgan fingerprint density at radius 1 is 1.33 bits per heavy atom. The summed E-state index contributed by atoms with van der Waals surface area (Å²) in [5.41, 5.74) is 4.89. The van der Waals surface area contributed by atoms with Crippen molar-refractivity contribution in [1.29, 1.82) is 0 Å². The van der Waals surface area contributed by atoms with Gasteiger partial charge in [0.05, 0.1) is 11.3 Å². The molecule has 2 rings (SSSR count). The maximum Gasteiger partial charge on any atom is 0.416 e. The van der Waals surface area contributed by atoms with Crippen LogP contribution >= 0.6 is 11.8 Å². The Balaban J connectivity index is 2.10. The molecule has 0 aliphatic carbocycles. The predicted molar refractivity (Wildman–Crippen MR) is 59.7 cm³/mol. The van der Waals surface area contributed by atoms with E-state index in [2.05, 4.69) is 10.1 Å². The largest absolute Gasteiger partial charge is 0.416 e. The normalized spacial score (nSPS) is 11.7. The maximum absolute atomic E-state index is 12.4. The molecule has 0 saturated carbocycles. The van der Waals surface area contributed by atoms with Gasteiger partial charge >= 0.3 is 6.18 Å². The summed E-state index contributed by atoms with van der Waals surface area (Å²) in [7, 11) is 0. The van der Waals surface area contributed by atoms with Crippen LogP contribution in [0.5, 0.6) is 0 Å². The zero-order valence-electron chi connectivity index (χ0n) is 8.94. The second kappa shape index (κ2) is 4.89. The summed E-state index contributed by atoms with van der Waals surface area (Å²) in [6.45, 7) is 0. The summed E-state index contributed by atoms with van der Waals surface area (Å²) >= 11 is 1.24. The van der Waals surface area contributed by atoms with Crippen molar-refractivity contribution in [3.8, 4) is 0 Å². The lowest BCUT2D eigenvalue weighted by Crippen LogP contribution is -2.05. The van der Waals surface area contributed by atoms with E-state index < -0.39 is 11.7 Å². The Morgan fingerprint density at radius 2 is 2.11 bits per heavy atom. The molecule has 0 aliphatic heterocycles. The van der Waals surface area contributed by atoms with Crippen LogP contribution in [0.1, 0.15) is 11.5 Å². The Labute approximate surface area is 104 Å². The third-order valence-electron chi connectivity index (χ3n) is 2.10. The average molecular weight is 275 g/mol. The maximum atomic E-state index is 12.4. The molecule has 0 amide bonds. The lowest BCUT2D eigenvalue weighted by Gasteiger charge is -2.09. The minimum atomic E-state index is -4.39. The van der Waals surface area contributed by atoms with E-state index >= 15 is 0 Å². The van der Waals surface area contributed by atoms with E-state index in [4.69, 9.17) is 10.3 Å². The SMILES string of the molecule is Nc1cc(C(F)(F)F)ccc1SCc1ncno1. The van der Waals surface area contributed by atoms with E-state index in [1.54, 1.807) is 0 Å². The number of hydrogen-bond donors (Lipinski definition) is 1. The molecule has 0 atom stereocenters. The van der Waals surface area contributed by atoms with Crippen molar-refractivity contribution < 1.29 is 17.7 Å². The molecule has 1 aromatic carbocycles. The molecule has 0 aliphatic rings. The molecule has 0 radical (unpaired) electrons. The third-order valence-corrected chi connectivity index (χ3v) is 3.17.